The number of hydrogen-bond acceptors (Lipinski definition) is 4. The highest BCUT2D eigenvalue weighted by atomic mass is 32.2. The Kier molecular flexibility index (Phi) is 8.02. The predicted molar refractivity (Wildman–Crippen MR) is 114 cm³/mol. The summed E-state index contributed by atoms with van der Waals surface area (Å²) in [7, 11) is -3.50. The van der Waals surface area contributed by atoms with E-state index in [9.17, 15) is 13.2 Å². The molecule has 0 unspecified atom stereocenters. The van der Waals surface area contributed by atoms with Gasteiger partial charge in [-0.05, 0) is 37.1 Å². The molecule has 0 aliphatic carbocycles. The molecule has 2 rings (SSSR count). The SMILES string of the molecule is CCN(CC)c1ccc(CNC(=O)CN(Cc2ccccc2)S(C)(=O)=O)cc1. The van der Waals surface area contributed by atoms with Crippen LogP contribution in [0.3, 0.4) is 0 Å². The van der Waals surface area contributed by atoms with Gasteiger partial charge in [0, 0.05) is 31.9 Å². The Morgan fingerprint density at radius 1 is 0.929 bits per heavy atom. The normalized spacial score (nSPS) is 11.4. The van der Waals surface area contributed by atoms with E-state index in [1.807, 2.05) is 54.6 Å². The topological polar surface area (TPSA) is 69.7 Å². The van der Waals surface area contributed by atoms with Gasteiger partial charge in [0.25, 0.3) is 0 Å². The molecule has 0 radical (unpaired) electrons. The predicted octanol–water partition coefficient (Wildman–Crippen LogP) is 2.61. The second-order valence-electron chi connectivity index (χ2n) is 6.63. The molecular weight excluding hydrogens is 374 g/mol. The standard InChI is InChI=1S/C21H29N3O3S/c1-4-23(5-2)20-13-11-18(12-14-20)15-22-21(25)17-24(28(3,26)27)16-19-9-7-6-8-10-19/h6-14H,4-5,15-17H2,1-3H3,(H,22,25). The Balaban J connectivity index is 1.94. The van der Waals surface area contributed by atoms with Gasteiger partial charge < -0.3 is 10.2 Å². The molecule has 0 fully saturated rings. The van der Waals surface area contributed by atoms with Crippen LogP contribution in [0.25, 0.3) is 0 Å². The van der Waals surface area contributed by atoms with Crippen LogP contribution in [0.2, 0.25) is 0 Å². The summed E-state index contributed by atoms with van der Waals surface area (Å²) in [5.74, 6) is -0.325. The number of carbonyl (C=O) groups is 1. The molecule has 28 heavy (non-hydrogen) atoms. The van der Waals surface area contributed by atoms with Crippen LogP contribution in [0.1, 0.15) is 25.0 Å². The highest BCUT2D eigenvalue weighted by Gasteiger charge is 2.20. The zero-order chi connectivity index (χ0) is 20.6. The van der Waals surface area contributed by atoms with Crippen molar-refractivity contribution >= 4 is 21.6 Å². The van der Waals surface area contributed by atoms with E-state index >= 15 is 0 Å². The van der Waals surface area contributed by atoms with Gasteiger partial charge in [-0.2, -0.15) is 4.31 Å². The molecule has 2 aromatic carbocycles. The van der Waals surface area contributed by atoms with Gasteiger partial charge in [-0.3, -0.25) is 4.79 Å². The van der Waals surface area contributed by atoms with E-state index in [0.717, 1.165) is 36.2 Å². The fourth-order valence-electron chi connectivity index (χ4n) is 2.91. The molecule has 0 saturated heterocycles. The van der Waals surface area contributed by atoms with Crippen molar-refractivity contribution in [2.45, 2.75) is 26.9 Å². The maximum absolute atomic E-state index is 12.3. The monoisotopic (exact) mass is 403 g/mol. The summed E-state index contributed by atoms with van der Waals surface area (Å²) in [4.78, 5) is 14.6. The number of amides is 1. The highest BCUT2D eigenvalue weighted by Crippen LogP contribution is 2.15. The van der Waals surface area contributed by atoms with Crippen molar-refractivity contribution in [3.05, 3.63) is 65.7 Å². The number of nitrogens with one attached hydrogen (secondary N) is 1. The number of anilines is 1. The molecule has 0 aliphatic heterocycles. The average Bonchev–Trinajstić information content (AvgIpc) is 2.68. The molecule has 7 heteroatoms. The van der Waals surface area contributed by atoms with E-state index in [0.29, 0.717) is 6.54 Å². The molecule has 0 saturated carbocycles. The molecule has 1 amide bonds. The smallest absolute Gasteiger partial charge is 0.235 e. The molecule has 0 spiro atoms. The minimum atomic E-state index is -3.50. The maximum atomic E-state index is 12.3. The molecule has 152 valence electrons. The molecule has 1 N–H and O–H groups in total. The Hall–Kier alpha value is -2.38. The third-order valence-electron chi connectivity index (χ3n) is 4.55. The number of hydrogen-bond donors (Lipinski definition) is 1. The molecule has 0 heterocycles. The quantitative estimate of drug-likeness (QED) is 0.662. The van der Waals surface area contributed by atoms with Crippen LogP contribution < -0.4 is 10.2 Å². The third-order valence-corrected chi connectivity index (χ3v) is 5.74. The summed E-state index contributed by atoms with van der Waals surface area (Å²) in [5, 5.41) is 2.81. The second-order valence-corrected chi connectivity index (χ2v) is 8.61. The lowest BCUT2D eigenvalue weighted by molar-refractivity contribution is -0.121. The molecule has 0 atom stereocenters. The van der Waals surface area contributed by atoms with Gasteiger partial charge in [0.15, 0.2) is 0 Å². The number of rotatable bonds is 10. The lowest BCUT2D eigenvalue weighted by Crippen LogP contribution is -2.39. The van der Waals surface area contributed by atoms with Crippen molar-refractivity contribution in [1.82, 2.24) is 9.62 Å². The fraction of sp³-hybridized carbons (Fsp3) is 0.381. The number of benzene rings is 2. The van der Waals surface area contributed by atoms with Crippen LogP contribution in [0, 0.1) is 0 Å². The van der Waals surface area contributed by atoms with Crippen LogP contribution in [-0.2, 0) is 27.9 Å². The first-order chi connectivity index (χ1) is 13.3. The van der Waals surface area contributed by atoms with Gasteiger partial charge in [0.1, 0.15) is 0 Å². The van der Waals surface area contributed by atoms with Crippen LogP contribution in [0.5, 0.6) is 0 Å². The lowest BCUT2D eigenvalue weighted by Gasteiger charge is -2.21. The molecule has 0 aliphatic rings. The van der Waals surface area contributed by atoms with Crippen LogP contribution in [-0.4, -0.2) is 44.5 Å². The largest absolute Gasteiger partial charge is 0.372 e. The van der Waals surface area contributed by atoms with E-state index in [-0.39, 0.29) is 19.0 Å². The zero-order valence-corrected chi connectivity index (χ0v) is 17.6. The summed E-state index contributed by atoms with van der Waals surface area (Å²) in [6.07, 6.45) is 1.12. The van der Waals surface area contributed by atoms with Crippen LogP contribution in [0.15, 0.2) is 54.6 Å². The first-order valence-electron chi connectivity index (χ1n) is 9.43. The van der Waals surface area contributed by atoms with Crippen molar-refractivity contribution < 1.29 is 13.2 Å². The molecule has 0 bridgehead atoms. The fourth-order valence-corrected chi connectivity index (χ4v) is 3.64. The average molecular weight is 404 g/mol. The summed E-state index contributed by atoms with van der Waals surface area (Å²) in [5.41, 5.74) is 2.96. The molecule has 2 aromatic rings. The van der Waals surface area contributed by atoms with Crippen LogP contribution in [0.4, 0.5) is 5.69 Å². The van der Waals surface area contributed by atoms with E-state index in [1.54, 1.807) is 0 Å². The van der Waals surface area contributed by atoms with Crippen molar-refractivity contribution in [3.63, 3.8) is 0 Å². The zero-order valence-electron chi connectivity index (χ0n) is 16.8. The molecule has 0 aromatic heterocycles. The summed E-state index contributed by atoms with van der Waals surface area (Å²) < 4.78 is 25.3. The number of carbonyl (C=O) groups excluding carboxylic acids is 1. The van der Waals surface area contributed by atoms with E-state index < -0.39 is 10.0 Å². The molecule has 6 nitrogen and oxygen atoms in total. The minimum absolute atomic E-state index is 0.172. The third kappa shape index (κ3) is 6.65. The first kappa shape index (κ1) is 21.9. The maximum Gasteiger partial charge on any atom is 0.235 e. The van der Waals surface area contributed by atoms with Crippen molar-refractivity contribution in [3.8, 4) is 0 Å². The lowest BCUT2D eigenvalue weighted by atomic mass is 10.2. The van der Waals surface area contributed by atoms with Gasteiger partial charge in [-0.15, -0.1) is 0 Å². The van der Waals surface area contributed by atoms with Crippen molar-refractivity contribution in [2.75, 3.05) is 30.8 Å². The number of nitrogens with zero attached hydrogens (tertiary/aromatic N) is 2. The van der Waals surface area contributed by atoms with Gasteiger partial charge >= 0.3 is 0 Å². The second kappa shape index (κ2) is 10.2. The molecular formula is C21H29N3O3S. The van der Waals surface area contributed by atoms with Gasteiger partial charge in [-0.1, -0.05) is 42.5 Å². The summed E-state index contributed by atoms with van der Waals surface area (Å²) >= 11 is 0. The Morgan fingerprint density at radius 3 is 2.07 bits per heavy atom. The highest BCUT2D eigenvalue weighted by molar-refractivity contribution is 7.88. The van der Waals surface area contributed by atoms with Crippen LogP contribution >= 0.6 is 0 Å². The number of sulfonamides is 1. The van der Waals surface area contributed by atoms with E-state index in [4.69, 9.17) is 0 Å². The van der Waals surface area contributed by atoms with Crippen molar-refractivity contribution in [2.24, 2.45) is 0 Å². The summed E-state index contributed by atoms with van der Waals surface area (Å²) in [6.45, 7) is 6.43. The Morgan fingerprint density at radius 2 is 1.54 bits per heavy atom. The van der Waals surface area contributed by atoms with Gasteiger partial charge in [-0.25, -0.2) is 8.42 Å². The van der Waals surface area contributed by atoms with Gasteiger partial charge in [0.2, 0.25) is 15.9 Å². The van der Waals surface area contributed by atoms with E-state index in [1.165, 1.54) is 4.31 Å². The van der Waals surface area contributed by atoms with Crippen molar-refractivity contribution in [1.29, 1.82) is 0 Å². The van der Waals surface area contributed by atoms with E-state index in [2.05, 4.69) is 24.1 Å². The minimum Gasteiger partial charge on any atom is -0.372 e. The summed E-state index contributed by atoms with van der Waals surface area (Å²) in [6, 6.07) is 17.3. The van der Waals surface area contributed by atoms with Gasteiger partial charge in [0.05, 0.1) is 12.8 Å². The first-order valence-corrected chi connectivity index (χ1v) is 11.3. The Labute approximate surface area is 168 Å². The Bertz CT molecular complexity index is 848.